The van der Waals surface area contributed by atoms with E-state index in [0.29, 0.717) is 12.3 Å². The summed E-state index contributed by atoms with van der Waals surface area (Å²) in [7, 11) is 0. The second kappa shape index (κ2) is 7.20. The molecule has 114 valence electrons. The molecule has 1 saturated heterocycles. The van der Waals surface area contributed by atoms with Crippen molar-refractivity contribution >= 4 is 23.8 Å². The molecule has 20 heavy (non-hydrogen) atoms. The minimum atomic E-state index is -0.913. The van der Waals surface area contributed by atoms with Crippen molar-refractivity contribution in [3.63, 3.8) is 0 Å². The summed E-state index contributed by atoms with van der Waals surface area (Å²) in [6, 6.07) is -0.921. The van der Waals surface area contributed by atoms with E-state index in [4.69, 9.17) is 5.11 Å². The minimum absolute atomic E-state index is 0.0641. The van der Waals surface area contributed by atoms with Gasteiger partial charge in [0.1, 0.15) is 6.04 Å². The van der Waals surface area contributed by atoms with Gasteiger partial charge in [-0.1, -0.05) is 32.1 Å². The predicted molar refractivity (Wildman–Crippen MR) is 79.8 cm³/mol. The van der Waals surface area contributed by atoms with Gasteiger partial charge in [0.2, 0.25) is 0 Å². The highest BCUT2D eigenvalue weighted by Gasteiger charge is 2.39. The van der Waals surface area contributed by atoms with Crippen LogP contribution in [0.4, 0.5) is 4.79 Å². The Morgan fingerprint density at radius 1 is 1.30 bits per heavy atom. The van der Waals surface area contributed by atoms with Crippen LogP contribution in [0.5, 0.6) is 0 Å². The summed E-state index contributed by atoms with van der Waals surface area (Å²) in [6.07, 6.45) is 7.50. The van der Waals surface area contributed by atoms with Gasteiger partial charge < -0.3 is 10.4 Å². The first-order valence-electron chi connectivity index (χ1n) is 7.50. The van der Waals surface area contributed by atoms with Crippen LogP contribution in [0.1, 0.15) is 45.4 Å². The van der Waals surface area contributed by atoms with Gasteiger partial charge in [-0.3, -0.25) is 4.90 Å². The molecule has 0 aromatic rings. The predicted octanol–water partition coefficient (Wildman–Crippen LogP) is 2.51. The number of carboxylic acid groups (broad SMARTS) is 1. The Labute approximate surface area is 124 Å². The summed E-state index contributed by atoms with van der Waals surface area (Å²) in [4.78, 5) is 24.8. The number of carbonyl (C=O) groups excluding carboxylic acids is 1. The average Bonchev–Trinajstić information content (AvgIpc) is 2.82. The fourth-order valence-electron chi connectivity index (χ4n) is 3.09. The van der Waals surface area contributed by atoms with E-state index in [1.54, 1.807) is 0 Å². The van der Waals surface area contributed by atoms with E-state index in [1.807, 2.05) is 6.92 Å². The zero-order chi connectivity index (χ0) is 14.5. The number of urea groups is 1. The Hall–Kier alpha value is -0.910. The Morgan fingerprint density at radius 3 is 2.65 bits per heavy atom. The third kappa shape index (κ3) is 3.81. The van der Waals surface area contributed by atoms with E-state index in [2.05, 4.69) is 5.32 Å². The van der Waals surface area contributed by atoms with Crippen LogP contribution < -0.4 is 5.32 Å². The van der Waals surface area contributed by atoms with Crippen LogP contribution in [0.15, 0.2) is 0 Å². The molecule has 2 atom stereocenters. The third-order valence-corrected chi connectivity index (χ3v) is 5.51. The van der Waals surface area contributed by atoms with Gasteiger partial charge >= 0.3 is 12.0 Å². The summed E-state index contributed by atoms with van der Waals surface area (Å²) < 4.78 is 0. The van der Waals surface area contributed by atoms with E-state index >= 15 is 0 Å². The first-order valence-corrected chi connectivity index (χ1v) is 8.55. The number of thioether (sulfide) groups is 1. The fraction of sp³-hybridized carbons (Fsp3) is 0.857. The molecule has 2 aliphatic rings. The van der Waals surface area contributed by atoms with Gasteiger partial charge in [-0.15, -0.1) is 11.8 Å². The van der Waals surface area contributed by atoms with Crippen LogP contribution in [0.3, 0.4) is 0 Å². The van der Waals surface area contributed by atoms with Crippen LogP contribution in [-0.4, -0.2) is 45.7 Å². The van der Waals surface area contributed by atoms with E-state index < -0.39 is 12.0 Å². The van der Waals surface area contributed by atoms with Crippen LogP contribution in [0.2, 0.25) is 0 Å². The summed E-state index contributed by atoms with van der Waals surface area (Å²) in [5.41, 5.74) is 0. The van der Waals surface area contributed by atoms with Gasteiger partial charge in [-0.25, -0.2) is 9.59 Å². The SMILES string of the molecule is CC1SCC(C(=O)O)N1C(=O)NCCC1CCCCC1. The van der Waals surface area contributed by atoms with Crippen molar-refractivity contribution in [2.75, 3.05) is 12.3 Å². The number of hydrogen-bond donors (Lipinski definition) is 2. The van der Waals surface area contributed by atoms with Crippen molar-refractivity contribution < 1.29 is 14.7 Å². The maximum Gasteiger partial charge on any atom is 0.327 e. The molecule has 0 bridgehead atoms. The van der Waals surface area contributed by atoms with Crippen LogP contribution in [0, 0.1) is 5.92 Å². The molecule has 5 nitrogen and oxygen atoms in total. The lowest BCUT2D eigenvalue weighted by atomic mass is 9.87. The average molecular weight is 300 g/mol. The molecule has 2 unspecified atom stereocenters. The van der Waals surface area contributed by atoms with Crippen molar-refractivity contribution in [1.82, 2.24) is 10.2 Å². The van der Waals surface area contributed by atoms with E-state index in [9.17, 15) is 9.59 Å². The zero-order valence-electron chi connectivity index (χ0n) is 12.0. The third-order valence-electron chi connectivity index (χ3n) is 4.30. The van der Waals surface area contributed by atoms with Crippen molar-refractivity contribution in [2.45, 2.75) is 56.9 Å². The quantitative estimate of drug-likeness (QED) is 0.837. The van der Waals surface area contributed by atoms with E-state index in [1.165, 1.54) is 48.8 Å². The van der Waals surface area contributed by atoms with Crippen molar-refractivity contribution in [3.8, 4) is 0 Å². The number of carbonyl (C=O) groups is 2. The molecule has 2 fully saturated rings. The molecular weight excluding hydrogens is 276 g/mol. The molecule has 6 heteroatoms. The zero-order valence-corrected chi connectivity index (χ0v) is 12.8. The summed E-state index contributed by atoms with van der Waals surface area (Å²) in [5.74, 6) is 0.293. The number of aliphatic carboxylic acids is 1. The fourth-order valence-corrected chi connectivity index (χ4v) is 4.26. The van der Waals surface area contributed by atoms with Gasteiger partial charge in [0.15, 0.2) is 0 Å². The second-order valence-corrected chi connectivity index (χ2v) is 7.07. The Kier molecular flexibility index (Phi) is 5.57. The smallest absolute Gasteiger partial charge is 0.327 e. The highest BCUT2D eigenvalue weighted by atomic mass is 32.2. The van der Waals surface area contributed by atoms with Gasteiger partial charge in [0.25, 0.3) is 0 Å². The maximum atomic E-state index is 12.2. The maximum absolute atomic E-state index is 12.2. The second-order valence-electron chi connectivity index (χ2n) is 5.72. The molecular formula is C14H24N2O3S. The lowest BCUT2D eigenvalue weighted by Gasteiger charge is -2.26. The van der Waals surface area contributed by atoms with E-state index in [-0.39, 0.29) is 11.4 Å². The summed E-state index contributed by atoms with van der Waals surface area (Å²) >= 11 is 1.52. The minimum Gasteiger partial charge on any atom is -0.480 e. The van der Waals surface area contributed by atoms with Gasteiger partial charge in [-0.2, -0.15) is 0 Å². The van der Waals surface area contributed by atoms with Gasteiger partial charge in [0, 0.05) is 12.3 Å². The lowest BCUT2D eigenvalue weighted by Crippen LogP contribution is -2.49. The molecule has 0 spiro atoms. The number of amides is 2. The first kappa shape index (κ1) is 15.5. The van der Waals surface area contributed by atoms with Crippen LogP contribution in [-0.2, 0) is 4.79 Å². The first-order chi connectivity index (χ1) is 9.59. The highest BCUT2D eigenvalue weighted by molar-refractivity contribution is 8.00. The molecule has 0 radical (unpaired) electrons. The Morgan fingerprint density at radius 2 is 2.00 bits per heavy atom. The largest absolute Gasteiger partial charge is 0.480 e. The van der Waals surface area contributed by atoms with Crippen molar-refractivity contribution in [2.24, 2.45) is 5.92 Å². The van der Waals surface area contributed by atoms with Crippen molar-refractivity contribution in [1.29, 1.82) is 0 Å². The van der Waals surface area contributed by atoms with Crippen molar-refractivity contribution in [3.05, 3.63) is 0 Å². The van der Waals surface area contributed by atoms with E-state index in [0.717, 1.165) is 12.3 Å². The number of nitrogens with zero attached hydrogens (tertiary/aromatic N) is 1. The summed E-state index contributed by atoms with van der Waals surface area (Å²) in [5, 5.41) is 12.0. The normalized spacial score (nSPS) is 27.6. The van der Waals surface area contributed by atoms with Gasteiger partial charge in [0.05, 0.1) is 5.37 Å². The Bertz CT molecular complexity index is 358. The molecule has 2 N–H and O–H groups in total. The molecule has 0 aromatic heterocycles. The Balaban J connectivity index is 1.76. The number of carboxylic acids is 1. The molecule has 1 aliphatic carbocycles. The molecule has 1 aliphatic heterocycles. The number of nitrogens with one attached hydrogen (secondary N) is 1. The number of hydrogen-bond acceptors (Lipinski definition) is 3. The topological polar surface area (TPSA) is 69.6 Å². The summed E-state index contributed by atoms with van der Waals surface area (Å²) in [6.45, 7) is 2.54. The molecule has 1 heterocycles. The molecule has 2 rings (SSSR count). The molecule has 0 aromatic carbocycles. The van der Waals surface area contributed by atoms with Crippen LogP contribution in [0.25, 0.3) is 0 Å². The lowest BCUT2D eigenvalue weighted by molar-refractivity contribution is -0.141. The highest BCUT2D eigenvalue weighted by Crippen LogP contribution is 2.29. The monoisotopic (exact) mass is 300 g/mol. The van der Waals surface area contributed by atoms with Gasteiger partial charge in [-0.05, 0) is 19.3 Å². The molecule has 1 saturated carbocycles. The molecule has 2 amide bonds. The standard InChI is InChI=1S/C14H24N2O3S/c1-10-16(12(9-20-10)13(17)18)14(19)15-8-7-11-5-3-2-4-6-11/h10-12H,2-9H2,1H3,(H,15,19)(H,17,18). The van der Waals surface area contributed by atoms with Crippen LogP contribution >= 0.6 is 11.8 Å². The number of rotatable bonds is 4.